The minimum atomic E-state index is -4.01. The van der Waals surface area contributed by atoms with Crippen LogP contribution >= 0.6 is 11.6 Å². The van der Waals surface area contributed by atoms with Crippen LogP contribution in [0, 0.1) is 5.82 Å². The molecule has 0 bridgehead atoms. The van der Waals surface area contributed by atoms with Crippen molar-refractivity contribution in [2.45, 2.75) is 10.3 Å². The van der Waals surface area contributed by atoms with Gasteiger partial charge < -0.3 is 10.8 Å². The zero-order valence-electron chi connectivity index (χ0n) is 15.9. The Bertz CT molecular complexity index is 1420. The summed E-state index contributed by atoms with van der Waals surface area (Å²) in [5.74, 6) is -1.68. The van der Waals surface area contributed by atoms with Crippen LogP contribution in [-0.2, 0) is 14.8 Å². The molecule has 158 valence electrons. The number of halogens is 2. The van der Waals surface area contributed by atoms with Crippen molar-refractivity contribution in [2.24, 2.45) is 5.73 Å². The quantitative estimate of drug-likeness (QED) is 0.438. The van der Waals surface area contributed by atoms with Gasteiger partial charge in [-0.1, -0.05) is 30.3 Å². The Kier molecular flexibility index (Phi) is 5.20. The zero-order chi connectivity index (χ0) is 22.3. The van der Waals surface area contributed by atoms with E-state index in [2.05, 4.69) is 0 Å². The highest BCUT2D eigenvalue weighted by atomic mass is 35.5. The van der Waals surface area contributed by atoms with Gasteiger partial charge >= 0.3 is 0 Å². The van der Waals surface area contributed by atoms with Gasteiger partial charge in [-0.15, -0.1) is 11.6 Å². The number of benzene rings is 3. The molecular formula is C22H16ClFN2O4S. The van der Waals surface area contributed by atoms with E-state index < -0.39 is 27.1 Å². The minimum absolute atomic E-state index is 0.0485. The van der Waals surface area contributed by atoms with Crippen molar-refractivity contribution in [2.75, 3.05) is 0 Å². The lowest BCUT2D eigenvalue weighted by Crippen LogP contribution is -2.17. The number of carbonyl (C=O) groups is 1. The van der Waals surface area contributed by atoms with Crippen LogP contribution in [0.25, 0.3) is 22.0 Å². The van der Waals surface area contributed by atoms with E-state index in [9.17, 15) is 22.7 Å². The third-order valence-corrected chi connectivity index (χ3v) is 7.04. The van der Waals surface area contributed by atoms with Crippen LogP contribution < -0.4 is 5.73 Å². The lowest BCUT2D eigenvalue weighted by atomic mass is 10.0. The van der Waals surface area contributed by atoms with E-state index in [1.165, 1.54) is 42.6 Å². The molecule has 0 radical (unpaired) electrons. The molecule has 1 atom stereocenters. The van der Waals surface area contributed by atoms with Gasteiger partial charge in [-0.05, 0) is 42.0 Å². The number of rotatable bonds is 5. The molecule has 1 aromatic heterocycles. The van der Waals surface area contributed by atoms with E-state index in [-0.39, 0.29) is 21.7 Å². The summed E-state index contributed by atoms with van der Waals surface area (Å²) in [6.07, 6.45) is 1.37. The molecule has 3 aromatic carbocycles. The molecule has 0 saturated heterocycles. The molecule has 4 aromatic rings. The van der Waals surface area contributed by atoms with Crippen LogP contribution in [0.3, 0.4) is 0 Å². The molecule has 0 aliphatic carbocycles. The summed E-state index contributed by atoms with van der Waals surface area (Å²) < 4.78 is 41.4. The van der Waals surface area contributed by atoms with Crippen molar-refractivity contribution >= 4 is 38.4 Å². The Morgan fingerprint density at radius 3 is 2.42 bits per heavy atom. The van der Waals surface area contributed by atoms with E-state index in [0.29, 0.717) is 16.5 Å². The van der Waals surface area contributed by atoms with Crippen LogP contribution in [0.5, 0.6) is 5.75 Å². The maximum atomic E-state index is 14.0. The Hall–Kier alpha value is -3.36. The predicted molar refractivity (Wildman–Crippen MR) is 116 cm³/mol. The molecule has 1 amide bonds. The van der Waals surface area contributed by atoms with Crippen molar-refractivity contribution in [1.82, 2.24) is 3.97 Å². The summed E-state index contributed by atoms with van der Waals surface area (Å²) in [5, 5.41) is 9.60. The Morgan fingerprint density at radius 2 is 1.77 bits per heavy atom. The van der Waals surface area contributed by atoms with E-state index in [1.807, 2.05) is 0 Å². The van der Waals surface area contributed by atoms with E-state index in [4.69, 9.17) is 17.3 Å². The van der Waals surface area contributed by atoms with Gasteiger partial charge in [0, 0.05) is 22.7 Å². The molecule has 31 heavy (non-hydrogen) atoms. The Morgan fingerprint density at radius 1 is 1.06 bits per heavy atom. The van der Waals surface area contributed by atoms with Gasteiger partial charge in [0.25, 0.3) is 10.0 Å². The fourth-order valence-corrected chi connectivity index (χ4v) is 4.95. The lowest BCUT2D eigenvalue weighted by Gasteiger charge is -2.10. The zero-order valence-corrected chi connectivity index (χ0v) is 17.4. The summed E-state index contributed by atoms with van der Waals surface area (Å²) in [6.45, 7) is 0. The van der Waals surface area contributed by atoms with Gasteiger partial charge in [-0.3, -0.25) is 4.79 Å². The molecule has 9 heteroatoms. The van der Waals surface area contributed by atoms with E-state index in [0.717, 1.165) is 10.0 Å². The van der Waals surface area contributed by atoms with Crippen LogP contribution in [0.4, 0.5) is 4.39 Å². The number of fused-ring (bicyclic) bond motifs is 1. The first kappa shape index (κ1) is 20.9. The Labute approximate surface area is 182 Å². The molecule has 0 saturated carbocycles. The molecule has 0 aliphatic rings. The second-order valence-electron chi connectivity index (χ2n) is 6.86. The van der Waals surface area contributed by atoms with E-state index >= 15 is 0 Å². The van der Waals surface area contributed by atoms with Gasteiger partial charge in [-0.25, -0.2) is 16.8 Å². The number of primary amides is 1. The van der Waals surface area contributed by atoms with Crippen molar-refractivity contribution in [1.29, 1.82) is 0 Å². The van der Waals surface area contributed by atoms with Crippen molar-refractivity contribution in [3.63, 3.8) is 0 Å². The smallest absolute Gasteiger partial charge is 0.268 e. The van der Waals surface area contributed by atoms with Gasteiger partial charge in [0.1, 0.15) is 16.9 Å². The van der Waals surface area contributed by atoms with E-state index in [1.54, 1.807) is 24.3 Å². The number of phenolic OH excluding ortho intramolecular Hbond substituents is 1. The number of carbonyl (C=O) groups excluding carboxylic acids is 1. The molecule has 0 spiro atoms. The number of amides is 1. The fraction of sp³-hybridized carbons (Fsp3) is 0.0455. The monoisotopic (exact) mass is 458 g/mol. The van der Waals surface area contributed by atoms with Crippen molar-refractivity contribution in [3.8, 4) is 16.9 Å². The Balaban J connectivity index is 1.93. The summed E-state index contributed by atoms with van der Waals surface area (Å²) in [7, 11) is -4.01. The molecule has 0 aliphatic heterocycles. The number of nitrogens with zero attached hydrogens (tertiary/aromatic N) is 1. The number of hydrogen-bond donors (Lipinski definition) is 2. The van der Waals surface area contributed by atoms with Gasteiger partial charge in [-0.2, -0.15) is 0 Å². The second kappa shape index (κ2) is 7.72. The molecule has 6 nitrogen and oxygen atoms in total. The number of aromatic nitrogens is 1. The van der Waals surface area contributed by atoms with Crippen molar-refractivity contribution in [3.05, 3.63) is 84.3 Å². The average Bonchev–Trinajstić information content (AvgIpc) is 3.13. The highest BCUT2D eigenvalue weighted by molar-refractivity contribution is 7.90. The summed E-state index contributed by atoms with van der Waals surface area (Å²) >= 11 is 5.93. The highest BCUT2D eigenvalue weighted by Gasteiger charge is 2.23. The first-order chi connectivity index (χ1) is 14.7. The van der Waals surface area contributed by atoms with Crippen LogP contribution in [0.2, 0.25) is 0 Å². The number of alkyl halides is 1. The first-order valence-corrected chi connectivity index (χ1v) is 11.0. The molecule has 1 unspecified atom stereocenters. The summed E-state index contributed by atoms with van der Waals surface area (Å²) in [5.41, 5.74) is 6.37. The standard InChI is InChI=1S/C22H16ClFN2O4S/c23-21(22(25)28)17-8-6-13(10-20(17)27)18-12-26(19-11-14(24)7-9-16(18)19)31(29,30)15-4-2-1-3-5-15/h1-12,21,27H,(H2,25,28). The van der Waals surface area contributed by atoms with Gasteiger partial charge in [0.15, 0.2) is 0 Å². The third-order valence-electron chi connectivity index (χ3n) is 4.90. The van der Waals surface area contributed by atoms with Gasteiger partial charge in [0.05, 0.1) is 10.4 Å². The fourth-order valence-electron chi connectivity index (χ4n) is 3.38. The first-order valence-electron chi connectivity index (χ1n) is 9.08. The molecule has 1 heterocycles. The average molecular weight is 459 g/mol. The normalized spacial score (nSPS) is 12.7. The molecule has 4 rings (SSSR count). The number of aromatic hydroxyl groups is 1. The largest absolute Gasteiger partial charge is 0.508 e. The van der Waals surface area contributed by atoms with Crippen LogP contribution in [0.15, 0.2) is 77.8 Å². The number of nitrogens with two attached hydrogens (primary N) is 1. The SMILES string of the molecule is NC(=O)C(Cl)c1ccc(-c2cn(S(=O)(=O)c3ccccc3)c3cc(F)ccc23)cc1O. The second-order valence-corrected chi connectivity index (χ2v) is 9.11. The maximum absolute atomic E-state index is 14.0. The predicted octanol–water partition coefficient (Wildman–Crippen LogP) is 4.16. The van der Waals surface area contributed by atoms with Crippen molar-refractivity contribution < 1.29 is 22.7 Å². The molecular weight excluding hydrogens is 443 g/mol. The summed E-state index contributed by atoms with van der Waals surface area (Å²) in [6, 6.07) is 16.0. The lowest BCUT2D eigenvalue weighted by molar-refractivity contribution is -0.117. The maximum Gasteiger partial charge on any atom is 0.268 e. The molecule has 0 fully saturated rings. The molecule has 3 N–H and O–H groups in total. The van der Waals surface area contributed by atoms with Gasteiger partial charge in [0.2, 0.25) is 5.91 Å². The summed E-state index contributed by atoms with van der Waals surface area (Å²) in [4.78, 5) is 11.4. The van der Waals surface area contributed by atoms with Crippen LogP contribution in [0.1, 0.15) is 10.9 Å². The van der Waals surface area contributed by atoms with Crippen LogP contribution in [-0.4, -0.2) is 23.4 Å². The number of phenols is 1. The minimum Gasteiger partial charge on any atom is -0.508 e. The topological polar surface area (TPSA) is 102 Å². The number of hydrogen-bond acceptors (Lipinski definition) is 4. The third kappa shape index (κ3) is 3.64. The highest BCUT2D eigenvalue weighted by Crippen LogP contribution is 2.37.